The molecular formula is C38H64O3. The van der Waals surface area contributed by atoms with Crippen LogP contribution < -0.4 is 0 Å². The summed E-state index contributed by atoms with van der Waals surface area (Å²) in [5, 5.41) is 0. The standard InChI is InChI=1S/C14H24O.C13H22O.C11H18O/c1-14(2,3)13-9-7-12(8-10-13)6-4-5-11-15;1-11-8-12(6-4-5-7-14)10-13(2,3)9-11;1-10-5-7-11(8-6-10)4-2-3-9-12/h6,11,13H,4-5,7-10H2,1-3H3;6-7,11H,4-5,8-10H2,1-3H3;4,9-10H,2-3,5-8H2,1H3. The molecule has 3 rings (SSSR count). The van der Waals surface area contributed by atoms with E-state index >= 15 is 0 Å². The lowest BCUT2D eigenvalue weighted by molar-refractivity contribution is -0.108. The number of unbranched alkanes of at least 4 members (excludes halogenated alkanes) is 3. The molecule has 1 atom stereocenters. The quantitative estimate of drug-likeness (QED) is 0.158. The molecule has 0 aromatic carbocycles. The number of allylic oxidation sites excluding steroid dienone is 6. The predicted octanol–water partition coefficient (Wildman–Crippen LogP) is 11.0. The first-order valence-electron chi connectivity index (χ1n) is 16.7. The van der Waals surface area contributed by atoms with Gasteiger partial charge in [-0.3, -0.25) is 0 Å². The third-order valence-corrected chi connectivity index (χ3v) is 9.14. The molecule has 3 aliphatic rings. The second-order valence-corrected chi connectivity index (χ2v) is 15.0. The highest BCUT2D eigenvalue weighted by Crippen LogP contribution is 2.41. The molecule has 3 aliphatic carbocycles. The Morgan fingerprint density at radius 3 is 1.44 bits per heavy atom. The molecule has 41 heavy (non-hydrogen) atoms. The Bertz CT molecular complexity index is 831. The van der Waals surface area contributed by atoms with Gasteiger partial charge >= 0.3 is 0 Å². The summed E-state index contributed by atoms with van der Waals surface area (Å²) in [6.45, 7) is 16.4. The molecule has 0 aromatic rings. The number of hydrogen-bond donors (Lipinski definition) is 0. The molecule has 0 spiro atoms. The molecule has 0 aliphatic heterocycles. The van der Waals surface area contributed by atoms with Crippen molar-refractivity contribution < 1.29 is 14.4 Å². The molecule has 0 amide bonds. The van der Waals surface area contributed by atoms with Gasteiger partial charge in [-0.1, -0.05) is 83.4 Å². The van der Waals surface area contributed by atoms with Gasteiger partial charge in [-0.15, -0.1) is 0 Å². The summed E-state index contributed by atoms with van der Waals surface area (Å²) in [6, 6.07) is 0. The van der Waals surface area contributed by atoms with Crippen LogP contribution in [0.25, 0.3) is 0 Å². The van der Waals surface area contributed by atoms with Gasteiger partial charge in [0.25, 0.3) is 0 Å². The van der Waals surface area contributed by atoms with Gasteiger partial charge in [0.05, 0.1) is 0 Å². The molecule has 0 bridgehead atoms. The van der Waals surface area contributed by atoms with Crippen LogP contribution in [0, 0.1) is 28.6 Å². The normalized spacial score (nSPS) is 25.1. The molecule has 3 nitrogen and oxygen atoms in total. The minimum absolute atomic E-state index is 0.463. The molecule has 3 heteroatoms. The van der Waals surface area contributed by atoms with Crippen LogP contribution in [0.2, 0.25) is 0 Å². The van der Waals surface area contributed by atoms with E-state index < -0.39 is 0 Å². The summed E-state index contributed by atoms with van der Waals surface area (Å²) in [6.07, 6.45) is 28.9. The fourth-order valence-corrected chi connectivity index (χ4v) is 6.84. The van der Waals surface area contributed by atoms with Crippen molar-refractivity contribution in [1.82, 2.24) is 0 Å². The van der Waals surface area contributed by atoms with Crippen LogP contribution >= 0.6 is 0 Å². The molecule has 0 radical (unpaired) electrons. The third kappa shape index (κ3) is 17.7. The Balaban J connectivity index is 0.000000309. The van der Waals surface area contributed by atoms with Crippen LogP contribution in [-0.4, -0.2) is 18.9 Å². The van der Waals surface area contributed by atoms with E-state index in [0.29, 0.717) is 30.1 Å². The van der Waals surface area contributed by atoms with Crippen LogP contribution in [0.4, 0.5) is 0 Å². The maximum Gasteiger partial charge on any atom is 0.120 e. The summed E-state index contributed by atoms with van der Waals surface area (Å²) >= 11 is 0. The summed E-state index contributed by atoms with van der Waals surface area (Å²) in [4.78, 5) is 30.5. The number of carbonyl (C=O) groups is 3. The van der Waals surface area contributed by atoms with Gasteiger partial charge in [0.15, 0.2) is 0 Å². The van der Waals surface area contributed by atoms with E-state index in [-0.39, 0.29) is 0 Å². The van der Waals surface area contributed by atoms with E-state index in [1.165, 1.54) is 70.6 Å². The van der Waals surface area contributed by atoms with Gasteiger partial charge in [0.2, 0.25) is 0 Å². The summed E-state index contributed by atoms with van der Waals surface area (Å²) in [7, 11) is 0. The van der Waals surface area contributed by atoms with E-state index in [2.05, 4.69) is 66.7 Å². The molecule has 3 fully saturated rings. The topological polar surface area (TPSA) is 51.2 Å². The van der Waals surface area contributed by atoms with Gasteiger partial charge in [-0.2, -0.15) is 0 Å². The third-order valence-electron chi connectivity index (χ3n) is 9.14. The Labute approximate surface area is 254 Å². The van der Waals surface area contributed by atoms with Gasteiger partial charge in [-0.25, -0.2) is 0 Å². The maximum absolute atomic E-state index is 10.2. The Morgan fingerprint density at radius 1 is 0.634 bits per heavy atom. The second kappa shape index (κ2) is 20.2. The fourth-order valence-electron chi connectivity index (χ4n) is 6.84. The number of hydrogen-bond acceptors (Lipinski definition) is 3. The van der Waals surface area contributed by atoms with Crippen molar-refractivity contribution in [1.29, 1.82) is 0 Å². The summed E-state index contributed by atoms with van der Waals surface area (Å²) in [5.74, 6) is 2.59. The molecule has 0 heterocycles. The number of rotatable bonds is 9. The van der Waals surface area contributed by atoms with Gasteiger partial charge < -0.3 is 14.4 Å². The van der Waals surface area contributed by atoms with Crippen molar-refractivity contribution >= 4 is 18.9 Å². The first kappa shape index (κ1) is 37.3. The first-order valence-corrected chi connectivity index (χ1v) is 16.7. The largest absolute Gasteiger partial charge is 0.303 e. The molecule has 3 saturated carbocycles. The van der Waals surface area contributed by atoms with Crippen LogP contribution in [-0.2, 0) is 14.4 Å². The molecule has 0 aromatic heterocycles. The zero-order chi connectivity index (χ0) is 30.7. The Morgan fingerprint density at radius 2 is 1.05 bits per heavy atom. The van der Waals surface area contributed by atoms with Crippen molar-refractivity contribution in [3.05, 3.63) is 34.9 Å². The molecule has 0 saturated heterocycles. The van der Waals surface area contributed by atoms with Gasteiger partial charge in [0, 0.05) is 19.3 Å². The molecule has 0 N–H and O–H groups in total. The van der Waals surface area contributed by atoms with Gasteiger partial charge in [0.1, 0.15) is 18.9 Å². The zero-order valence-electron chi connectivity index (χ0n) is 27.9. The highest BCUT2D eigenvalue weighted by Gasteiger charge is 2.28. The average Bonchev–Trinajstić information content (AvgIpc) is 2.90. The lowest BCUT2D eigenvalue weighted by atomic mass is 9.70. The van der Waals surface area contributed by atoms with Crippen molar-refractivity contribution in [2.45, 2.75) is 158 Å². The van der Waals surface area contributed by atoms with Crippen LogP contribution in [0.5, 0.6) is 0 Å². The highest BCUT2D eigenvalue weighted by atomic mass is 16.1. The van der Waals surface area contributed by atoms with E-state index in [4.69, 9.17) is 0 Å². The van der Waals surface area contributed by atoms with Crippen LogP contribution in [0.1, 0.15) is 158 Å². The molecule has 1 unspecified atom stereocenters. The minimum atomic E-state index is 0.463. The highest BCUT2D eigenvalue weighted by molar-refractivity contribution is 5.50. The van der Waals surface area contributed by atoms with Crippen molar-refractivity contribution in [3.8, 4) is 0 Å². The molecular weight excluding hydrogens is 504 g/mol. The monoisotopic (exact) mass is 568 g/mol. The SMILES string of the molecule is CC(C)(C)C1CCC(=CCCC=O)CC1.CC1CC(=CCCC=O)CC(C)(C)C1.CC1CCC(=CCCC=O)CC1. The van der Waals surface area contributed by atoms with Crippen molar-refractivity contribution in [3.63, 3.8) is 0 Å². The average molecular weight is 569 g/mol. The lowest BCUT2D eigenvalue weighted by Gasteiger charge is -2.35. The summed E-state index contributed by atoms with van der Waals surface area (Å²) < 4.78 is 0. The maximum atomic E-state index is 10.2. The number of carbonyl (C=O) groups excluding carboxylic acids is 3. The van der Waals surface area contributed by atoms with E-state index in [9.17, 15) is 14.4 Å². The molecule has 234 valence electrons. The van der Waals surface area contributed by atoms with Crippen LogP contribution in [0.15, 0.2) is 34.9 Å². The Hall–Kier alpha value is -1.77. The van der Waals surface area contributed by atoms with Crippen molar-refractivity contribution in [2.75, 3.05) is 0 Å². The zero-order valence-corrected chi connectivity index (χ0v) is 27.9. The second-order valence-electron chi connectivity index (χ2n) is 15.0. The van der Waals surface area contributed by atoms with Gasteiger partial charge in [-0.05, 0) is 118 Å². The number of aldehydes is 3. The van der Waals surface area contributed by atoms with Crippen LogP contribution in [0.3, 0.4) is 0 Å². The fraction of sp³-hybridized carbons (Fsp3) is 0.763. The predicted molar refractivity (Wildman–Crippen MR) is 176 cm³/mol. The lowest BCUT2D eigenvalue weighted by Crippen LogP contribution is -2.23. The minimum Gasteiger partial charge on any atom is -0.303 e. The smallest absolute Gasteiger partial charge is 0.120 e. The van der Waals surface area contributed by atoms with E-state index in [0.717, 1.165) is 55.9 Å². The van der Waals surface area contributed by atoms with E-state index in [1.807, 2.05) is 0 Å². The first-order chi connectivity index (χ1) is 19.4. The summed E-state index contributed by atoms with van der Waals surface area (Å²) in [5.41, 5.74) is 5.65. The Kier molecular flexibility index (Phi) is 18.3. The van der Waals surface area contributed by atoms with Crippen molar-refractivity contribution in [2.24, 2.45) is 28.6 Å². The van der Waals surface area contributed by atoms with E-state index in [1.54, 1.807) is 16.7 Å².